The number of nitrogens with zero attached hydrogens (tertiary/aromatic N) is 2. The summed E-state index contributed by atoms with van der Waals surface area (Å²) in [5.41, 5.74) is 2.94. The van der Waals surface area contributed by atoms with Crippen molar-refractivity contribution in [1.82, 2.24) is 15.2 Å². The van der Waals surface area contributed by atoms with Crippen LogP contribution in [-0.4, -0.2) is 46.2 Å². The smallest absolute Gasteiger partial charge is 0.255 e. The summed E-state index contributed by atoms with van der Waals surface area (Å²) in [6.45, 7) is 4.34. The Kier molecular flexibility index (Phi) is 7.12. The molecule has 0 radical (unpaired) electrons. The maximum absolute atomic E-state index is 13.6. The molecule has 1 unspecified atom stereocenters. The molecule has 9 heteroatoms. The number of carbonyl (C=O) groups excluding carboxylic acids is 2. The molecule has 2 amide bonds. The van der Waals surface area contributed by atoms with Gasteiger partial charge in [0.25, 0.3) is 11.8 Å². The first kappa shape index (κ1) is 24.9. The summed E-state index contributed by atoms with van der Waals surface area (Å²) in [5.74, 6) is -1.67. The van der Waals surface area contributed by atoms with Gasteiger partial charge in [-0.05, 0) is 49.9 Å². The van der Waals surface area contributed by atoms with Crippen LogP contribution in [0.2, 0.25) is 5.02 Å². The van der Waals surface area contributed by atoms with Gasteiger partial charge in [0.2, 0.25) is 0 Å². The van der Waals surface area contributed by atoms with Gasteiger partial charge in [-0.1, -0.05) is 48.0 Å². The summed E-state index contributed by atoms with van der Waals surface area (Å²) in [7, 11) is 0. The number of carbonyl (C=O) groups is 2. The zero-order chi connectivity index (χ0) is 25.3. The lowest BCUT2D eigenvalue weighted by atomic mass is 10.0. The summed E-state index contributed by atoms with van der Waals surface area (Å²) < 4.78 is 11.9. The fourth-order valence-corrected chi connectivity index (χ4v) is 5.65. The highest BCUT2D eigenvalue weighted by Crippen LogP contribution is 2.37. The number of amides is 2. The summed E-state index contributed by atoms with van der Waals surface area (Å²) in [4.78, 5) is 32.9. The fraction of sp³-hybridized carbons (Fsp3) is 0.370. The Balaban J connectivity index is 1.27. The first-order chi connectivity index (χ1) is 17.3. The van der Waals surface area contributed by atoms with Crippen molar-refractivity contribution >= 4 is 34.8 Å². The van der Waals surface area contributed by atoms with Gasteiger partial charge in [0.05, 0.1) is 6.04 Å². The maximum Gasteiger partial charge on any atom is 0.255 e. The Hall–Kier alpha value is -2.78. The normalized spacial score (nSPS) is 23.1. The van der Waals surface area contributed by atoms with Crippen LogP contribution in [0.5, 0.6) is 0 Å². The predicted molar refractivity (Wildman–Crippen MR) is 138 cm³/mol. The fourth-order valence-electron chi connectivity index (χ4n) is 4.81. The molecule has 1 aromatic heterocycles. The third kappa shape index (κ3) is 5.32. The third-order valence-electron chi connectivity index (χ3n) is 6.47. The van der Waals surface area contributed by atoms with E-state index in [1.807, 2.05) is 53.9 Å². The Morgan fingerprint density at radius 1 is 1.17 bits per heavy atom. The van der Waals surface area contributed by atoms with Crippen molar-refractivity contribution in [3.8, 4) is 10.6 Å². The van der Waals surface area contributed by atoms with Crippen LogP contribution < -0.4 is 5.32 Å². The van der Waals surface area contributed by atoms with Crippen LogP contribution in [-0.2, 0) is 25.6 Å². The van der Waals surface area contributed by atoms with E-state index >= 15 is 0 Å². The number of rotatable bonds is 6. The van der Waals surface area contributed by atoms with Gasteiger partial charge < -0.3 is 19.7 Å². The Morgan fingerprint density at radius 3 is 2.67 bits per heavy atom. The number of likely N-dealkylation sites (tertiary alicyclic amines) is 1. The van der Waals surface area contributed by atoms with Gasteiger partial charge in [-0.25, -0.2) is 4.98 Å². The van der Waals surface area contributed by atoms with Gasteiger partial charge in [0, 0.05) is 35.3 Å². The standard InChI is InChI=1S/C27H28ClN3O4S/c1-27(2)34-22(24(32)30-16-17-8-10-18(11-9-17)25-29-12-14-36-25)23(35-27)26(33)31-13-4-7-21(31)19-5-3-6-20(28)15-19/h3,5-6,8-12,14-15,21-23H,4,7,13,16H2,1-2H3,(H,30,32)/t21?,22-,23-/m1/s1. The predicted octanol–water partition coefficient (Wildman–Crippen LogP) is 4.96. The van der Waals surface area contributed by atoms with Crippen molar-refractivity contribution < 1.29 is 19.1 Å². The van der Waals surface area contributed by atoms with E-state index in [1.165, 1.54) is 0 Å². The van der Waals surface area contributed by atoms with Crippen LogP contribution in [0.4, 0.5) is 0 Å². The highest BCUT2D eigenvalue weighted by molar-refractivity contribution is 7.13. The number of halogens is 1. The molecule has 0 bridgehead atoms. The van der Waals surface area contributed by atoms with Gasteiger partial charge >= 0.3 is 0 Å². The van der Waals surface area contributed by atoms with Crippen molar-refractivity contribution in [1.29, 1.82) is 0 Å². The third-order valence-corrected chi connectivity index (χ3v) is 7.52. The lowest BCUT2D eigenvalue weighted by molar-refractivity contribution is -0.163. The van der Waals surface area contributed by atoms with E-state index in [-0.39, 0.29) is 17.9 Å². The molecule has 188 valence electrons. The van der Waals surface area contributed by atoms with Crippen LogP contribution in [0.1, 0.15) is 43.9 Å². The zero-order valence-corrected chi connectivity index (χ0v) is 21.7. The lowest BCUT2D eigenvalue weighted by Crippen LogP contribution is -2.49. The molecule has 0 aliphatic carbocycles. The zero-order valence-electron chi connectivity index (χ0n) is 20.1. The molecule has 2 aliphatic heterocycles. The van der Waals surface area contributed by atoms with Crippen molar-refractivity contribution in [3.63, 3.8) is 0 Å². The van der Waals surface area contributed by atoms with E-state index in [1.54, 1.807) is 36.3 Å². The quantitative estimate of drug-likeness (QED) is 0.492. The van der Waals surface area contributed by atoms with Gasteiger partial charge in [0.15, 0.2) is 18.0 Å². The largest absolute Gasteiger partial charge is 0.350 e. The molecule has 1 N–H and O–H groups in total. The monoisotopic (exact) mass is 525 g/mol. The van der Waals surface area contributed by atoms with E-state index in [0.717, 1.165) is 34.5 Å². The van der Waals surface area contributed by atoms with Gasteiger partial charge in [-0.3, -0.25) is 9.59 Å². The van der Waals surface area contributed by atoms with Crippen LogP contribution in [0, 0.1) is 0 Å². The molecule has 0 spiro atoms. The van der Waals surface area contributed by atoms with Crippen molar-refractivity contribution in [3.05, 3.63) is 76.3 Å². The van der Waals surface area contributed by atoms with Gasteiger partial charge in [-0.15, -0.1) is 11.3 Å². The van der Waals surface area contributed by atoms with E-state index in [0.29, 0.717) is 18.1 Å². The second kappa shape index (κ2) is 10.3. The molecule has 0 saturated carbocycles. The number of hydrogen-bond acceptors (Lipinski definition) is 6. The molecule has 7 nitrogen and oxygen atoms in total. The van der Waals surface area contributed by atoms with Crippen LogP contribution in [0.3, 0.4) is 0 Å². The number of benzene rings is 2. The Bertz CT molecular complexity index is 1230. The van der Waals surface area contributed by atoms with Crippen molar-refractivity contribution in [2.24, 2.45) is 0 Å². The minimum atomic E-state index is -1.05. The molecule has 3 aromatic rings. The first-order valence-corrected chi connectivity index (χ1v) is 13.2. The average Bonchev–Trinajstić information content (AvgIpc) is 3.62. The summed E-state index contributed by atoms with van der Waals surface area (Å²) in [6.07, 6.45) is 1.41. The number of aromatic nitrogens is 1. The Morgan fingerprint density at radius 2 is 1.94 bits per heavy atom. The van der Waals surface area contributed by atoms with Gasteiger partial charge in [-0.2, -0.15) is 0 Å². The second-order valence-electron chi connectivity index (χ2n) is 9.47. The number of hydrogen-bond donors (Lipinski definition) is 1. The minimum Gasteiger partial charge on any atom is -0.350 e. The van der Waals surface area contributed by atoms with E-state index < -0.39 is 18.0 Å². The van der Waals surface area contributed by atoms with E-state index in [4.69, 9.17) is 21.1 Å². The highest BCUT2D eigenvalue weighted by atomic mass is 35.5. The lowest BCUT2D eigenvalue weighted by Gasteiger charge is -2.28. The molecular formula is C27H28ClN3O4S. The molecule has 3 atom stereocenters. The molecule has 2 saturated heterocycles. The van der Waals surface area contributed by atoms with E-state index in [9.17, 15) is 9.59 Å². The molecule has 2 aliphatic rings. The first-order valence-electron chi connectivity index (χ1n) is 12.0. The molecule has 3 heterocycles. The van der Waals surface area contributed by atoms with E-state index in [2.05, 4.69) is 10.3 Å². The number of ether oxygens (including phenoxy) is 2. The second-order valence-corrected chi connectivity index (χ2v) is 10.8. The van der Waals surface area contributed by atoms with Crippen molar-refractivity contribution in [2.75, 3.05) is 6.54 Å². The van der Waals surface area contributed by atoms with Crippen molar-refractivity contribution in [2.45, 2.75) is 57.3 Å². The average molecular weight is 526 g/mol. The van der Waals surface area contributed by atoms with Crippen LogP contribution >= 0.6 is 22.9 Å². The minimum absolute atomic E-state index is 0.108. The van der Waals surface area contributed by atoms with Crippen LogP contribution in [0.15, 0.2) is 60.1 Å². The molecule has 36 heavy (non-hydrogen) atoms. The number of nitrogens with one attached hydrogen (secondary N) is 1. The summed E-state index contributed by atoms with van der Waals surface area (Å²) >= 11 is 7.77. The molecule has 2 fully saturated rings. The Labute approximate surface area is 219 Å². The summed E-state index contributed by atoms with van der Waals surface area (Å²) in [5, 5.41) is 6.43. The van der Waals surface area contributed by atoms with Crippen LogP contribution in [0.25, 0.3) is 10.6 Å². The SMILES string of the molecule is CC1(C)O[C@@H](C(=O)NCc2ccc(-c3nccs3)cc2)[C@H](C(=O)N2CCCC2c2cccc(Cl)c2)O1. The number of thiazole rings is 1. The summed E-state index contributed by atoms with van der Waals surface area (Å²) in [6, 6.07) is 15.3. The van der Waals surface area contributed by atoms with Gasteiger partial charge in [0.1, 0.15) is 5.01 Å². The molecular weight excluding hydrogens is 498 g/mol. The molecule has 2 aromatic carbocycles. The molecule has 5 rings (SSSR count). The topological polar surface area (TPSA) is 80.8 Å². The maximum atomic E-state index is 13.6. The highest BCUT2D eigenvalue weighted by Gasteiger charge is 2.51.